The molecule has 3 rings (SSSR count). The fourth-order valence-corrected chi connectivity index (χ4v) is 3.20. The number of anilines is 1. The van der Waals surface area contributed by atoms with E-state index in [4.69, 9.17) is 25.0 Å². The van der Waals surface area contributed by atoms with Crippen molar-refractivity contribution in [1.82, 2.24) is 24.8 Å². The molecule has 31 heavy (non-hydrogen) atoms. The van der Waals surface area contributed by atoms with Crippen molar-refractivity contribution in [1.29, 1.82) is 0 Å². The number of aliphatic hydroxyl groups excluding tert-OH is 2. The molecule has 1 fully saturated rings. The van der Waals surface area contributed by atoms with Crippen LogP contribution in [0.15, 0.2) is 19.0 Å². The summed E-state index contributed by atoms with van der Waals surface area (Å²) in [5.41, 5.74) is 6.01. The molecule has 0 unspecified atom stereocenters. The van der Waals surface area contributed by atoms with Crippen LogP contribution < -0.4 is 15.8 Å². The van der Waals surface area contributed by atoms with E-state index in [1.165, 1.54) is 10.9 Å². The highest BCUT2D eigenvalue weighted by atomic mass is 31.2. The average molecular weight is 460 g/mol. The quantitative estimate of drug-likeness (QED) is 0.133. The maximum absolute atomic E-state index is 11.2. The zero-order valence-electron chi connectivity index (χ0n) is 15.9. The monoisotopic (exact) mass is 460 g/mol. The van der Waals surface area contributed by atoms with E-state index in [0.29, 0.717) is 0 Å². The molecule has 16 heteroatoms. The summed E-state index contributed by atoms with van der Waals surface area (Å²) >= 11 is 0. The molecule has 2 aromatic rings. The lowest BCUT2D eigenvalue weighted by molar-refractivity contribution is -0.116. The molecule has 0 aliphatic carbocycles. The summed E-state index contributed by atoms with van der Waals surface area (Å²) in [5.74, 6) is -0.527. The van der Waals surface area contributed by atoms with Crippen LogP contribution in [0.4, 0.5) is 5.95 Å². The van der Waals surface area contributed by atoms with Gasteiger partial charge in [-0.25, -0.2) is 9.55 Å². The number of nitrogens with one attached hydrogen (secondary N) is 1. The molecule has 4 atom stereocenters. The van der Waals surface area contributed by atoms with Gasteiger partial charge in [-0.3, -0.25) is 13.9 Å². The number of nitrogen functional groups attached to an aromatic ring is 1. The maximum atomic E-state index is 11.2. The van der Waals surface area contributed by atoms with Crippen molar-refractivity contribution in [3.63, 3.8) is 0 Å². The molecule has 1 amide bonds. The van der Waals surface area contributed by atoms with Gasteiger partial charge in [-0.2, -0.15) is 9.97 Å². The lowest BCUT2D eigenvalue weighted by Gasteiger charge is -2.17. The Morgan fingerprint density at radius 1 is 1.39 bits per heavy atom. The minimum absolute atomic E-state index is 0.0171. The van der Waals surface area contributed by atoms with Gasteiger partial charge in [-0.1, -0.05) is 6.58 Å². The summed E-state index contributed by atoms with van der Waals surface area (Å²) in [6.45, 7) is 2.88. The van der Waals surface area contributed by atoms with E-state index in [1.54, 1.807) is 0 Å². The van der Waals surface area contributed by atoms with Gasteiger partial charge in [0.2, 0.25) is 17.7 Å². The van der Waals surface area contributed by atoms with E-state index >= 15 is 0 Å². The number of fused-ring (bicyclic) bond motifs is 1. The Balaban J connectivity index is 1.78. The van der Waals surface area contributed by atoms with Crippen LogP contribution in [0, 0.1) is 0 Å². The Hall–Kier alpha value is -2.65. The van der Waals surface area contributed by atoms with Gasteiger partial charge < -0.3 is 40.5 Å². The van der Waals surface area contributed by atoms with Crippen LogP contribution in [0.3, 0.4) is 0 Å². The molecule has 3 heterocycles. The molecular weight excluding hydrogens is 439 g/mol. The van der Waals surface area contributed by atoms with Gasteiger partial charge in [-0.15, -0.1) is 0 Å². The number of nitrogens with zero attached hydrogens (tertiary/aromatic N) is 4. The molecule has 1 saturated heterocycles. The molecular formula is C15H21N6O9P. The smallest absolute Gasteiger partial charge is 0.469 e. The van der Waals surface area contributed by atoms with Crippen molar-refractivity contribution in [3.8, 4) is 5.88 Å². The van der Waals surface area contributed by atoms with Crippen LogP contribution in [-0.4, -0.2) is 83.5 Å². The number of hydrogen-bond acceptors (Lipinski definition) is 11. The number of nitrogens with two attached hydrogens (primary N) is 1. The highest BCUT2D eigenvalue weighted by Crippen LogP contribution is 2.39. The Morgan fingerprint density at radius 3 is 2.81 bits per heavy atom. The fraction of sp³-hybridized carbons (Fsp3) is 0.467. The van der Waals surface area contributed by atoms with Crippen molar-refractivity contribution >= 4 is 30.8 Å². The third kappa shape index (κ3) is 5.34. The van der Waals surface area contributed by atoms with Crippen LogP contribution >= 0.6 is 7.82 Å². The number of carbonyl (C=O) groups excluding carboxylic acids is 1. The molecule has 7 N–H and O–H groups in total. The number of phosphoric acid groups is 1. The van der Waals surface area contributed by atoms with E-state index in [0.717, 1.165) is 6.08 Å². The minimum Gasteiger partial charge on any atom is -0.474 e. The molecule has 1 aliphatic rings. The van der Waals surface area contributed by atoms with Gasteiger partial charge in [0, 0.05) is 0 Å². The first kappa shape index (κ1) is 23.0. The number of aromatic nitrogens is 4. The van der Waals surface area contributed by atoms with Crippen LogP contribution in [0.2, 0.25) is 0 Å². The first-order valence-corrected chi connectivity index (χ1v) is 10.4. The summed E-state index contributed by atoms with van der Waals surface area (Å²) in [4.78, 5) is 40.9. The second kappa shape index (κ2) is 9.23. The summed E-state index contributed by atoms with van der Waals surface area (Å²) < 4.78 is 27.5. The number of rotatable bonds is 9. The average Bonchev–Trinajstić information content (AvgIpc) is 3.24. The Labute approximate surface area is 174 Å². The maximum Gasteiger partial charge on any atom is 0.469 e. The van der Waals surface area contributed by atoms with Crippen molar-refractivity contribution < 1.29 is 43.4 Å². The molecule has 0 aromatic carbocycles. The lowest BCUT2D eigenvalue weighted by atomic mass is 10.1. The second-order valence-electron chi connectivity index (χ2n) is 6.39. The number of amides is 1. The topological polar surface area (TPSA) is 224 Å². The standard InChI is InChI=1S/C15H21N6O9P/c1-2-8(22)17-3-4-28-13-9-12(19-15(16)20-13)21(6-18-9)14-11(24)10(23)7(30-14)5-29-31(25,26)27/h2,6-7,10-11,14,23-24H,1,3-5H2,(H,17,22)(H2,16,19,20)(H2,25,26,27)/t7-,10-,11-,14-/m1/s1. The summed E-state index contributed by atoms with van der Waals surface area (Å²) in [7, 11) is -4.80. The first-order valence-electron chi connectivity index (χ1n) is 8.85. The van der Waals surface area contributed by atoms with E-state index in [-0.39, 0.29) is 42.1 Å². The third-order valence-electron chi connectivity index (χ3n) is 4.25. The third-order valence-corrected chi connectivity index (χ3v) is 4.74. The molecule has 2 aromatic heterocycles. The van der Waals surface area contributed by atoms with E-state index in [1.807, 2.05) is 0 Å². The molecule has 170 valence electrons. The summed E-state index contributed by atoms with van der Waals surface area (Å²) in [6.07, 6.45) is -3.07. The van der Waals surface area contributed by atoms with Crippen LogP contribution in [0.1, 0.15) is 6.23 Å². The Kier molecular flexibility index (Phi) is 6.86. The number of imidazole rings is 1. The minimum atomic E-state index is -4.80. The van der Waals surface area contributed by atoms with Gasteiger partial charge in [0.1, 0.15) is 24.9 Å². The number of phosphoric ester groups is 1. The molecule has 0 bridgehead atoms. The van der Waals surface area contributed by atoms with Crippen LogP contribution in [0.25, 0.3) is 11.2 Å². The number of carbonyl (C=O) groups is 1. The largest absolute Gasteiger partial charge is 0.474 e. The summed E-state index contributed by atoms with van der Waals surface area (Å²) in [6, 6.07) is 0. The Morgan fingerprint density at radius 2 is 2.13 bits per heavy atom. The van der Waals surface area contributed by atoms with Gasteiger partial charge in [0.25, 0.3) is 0 Å². The van der Waals surface area contributed by atoms with Gasteiger partial charge >= 0.3 is 7.82 Å². The zero-order valence-corrected chi connectivity index (χ0v) is 16.8. The number of ether oxygens (including phenoxy) is 2. The normalized spacial score (nSPS) is 23.7. The fourth-order valence-electron chi connectivity index (χ4n) is 2.85. The van der Waals surface area contributed by atoms with Crippen LogP contribution in [0.5, 0.6) is 5.88 Å². The predicted molar refractivity (Wildman–Crippen MR) is 102 cm³/mol. The van der Waals surface area contributed by atoms with Gasteiger partial charge in [-0.05, 0) is 6.08 Å². The molecule has 0 spiro atoms. The molecule has 0 saturated carbocycles. The van der Waals surface area contributed by atoms with Crippen molar-refractivity contribution in [2.45, 2.75) is 24.5 Å². The van der Waals surface area contributed by atoms with Gasteiger partial charge in [0.05, 0.1) is 19.5 Å². The number of aliphatic hydroxyl groups is 2. The SMILES string of the molecule is C=CC(=O)NCCOc1nc(N)nc2c1ncn2[C@@H]1O[C@H](COP(=O)(O)O)[C@@H](O)[C@H]1O. The highest BCUT2D eigenvalue weighted by Gasteiger charge is 2.45. The first-order chi connectivity index (χ1) is 14.6. The zero-order chi connectivity index (χ0) is 22.8. The van der Waals surface area contributed by atoms with Crippen molar-refractivity contribution in [2.24, 2.45) is 0 Å². The predicted octanol–water partition coefficient (Wildman–Crippen LogP) is -2.18. The number of hydrogen-bond donors (Lipinski definition) is 6. The van der Waals surface area contributed by atoms with E-state index in [9.17, 15) is 19.6 Å². The Bertz CT molecular complexity index is 1010. The highest BCUT2D eigenvalue weighted by molar-refractivity contribution is 7.46. The second-order valence-corrected chi connectivity index (χ2v) is 7.63. The summed E-state index contributed by atoms with van der Waals surface area (Å²) in [5, 5.41) is 23.0. The lowest BCUT2D eigenvalue weighted by Crippen LogP contribution is -2.33. The van der Waals surface area contributed by atoms with Crippen molar-refractivity contribution in [2.75, 3.05) is 25.5 Å². The molecule has 0 radical (unpaired) electrons. The van der Waals surface area contributed by atoms with Crippen LogP contribution in [-0.2, 0) is 18.6 Å². The molecule has 1 aliphatic heterocycles. The van der Waals surface area contributed by atoms with Gasteiger partial charge in [0.15, 0.2) is 17.4 Å². The van der Waals surface area contributed by atoms with Crippen molar-refractivity contribution in [3.05, 3.63) is 19.0 Å². The van der Waals surface area contributed by atoms with E-state index < -0.39 is 39.0 Å². The molecule has 15 nitrogen and oxygen atoms in total. The van der Waals surface area contributed by atoms with E-state index in [2.05, 4.69) is 31.4 Å².